The summed E-state index contributed by atoms with van der Waals surface area (Å²) in [5, 5.41) is 13.0. The molecule has 0 amide bonds. The van der Waals surface area contributed by atoms with Gasteiger partial charge in [0.15, 0.2) is 5.82 Å². The lowest BCUT2D eigenvalue weighted by molar-refractivity contribution is 0.202. The van der Waals surface area contributed by atoms with Crippen molar-refractivity contribution in [1.82, 2.24) is 9.97 Å². The quantitative estimate of drug-likeness (QED) is 0.734. The van der Waals surface area contributed by atoms with E-state index in [9.17, 15) is 5.11 Å². The normalized spacial score (nSPS) is 11.5. The van der Waals surface area contributed by atoms with Crippen molar-refractivity contribution in [2.24, 2.45) is 0 Å². The predicted molar refractivity (Wildman–Crippen MR) is 65.5 cm³/mol. The molecule has 0 bridgehead atoms. The first kappa shape index (κ1) is 13.0. The Kier molecular flexibility index (Phi) is 4.32. The molecule has 0 aliphatic rings. The minimum Gasteiger partial charge on any atom is -0.394 e. The molecule has 0 aromatic carbocycles. The first-order chi connectivity index (χ1) is 7.56. The van der Waals surface area contributed by atoms with E-state index in [4.69, 9.17) is 17.3 Å². The number of nitrogen functional groups attached to an aromatic ring is 1. The zero-order chi connectivity index (χ0) is 12.2. The molecule has 1 heterocycles. The van der Waals surface area contributed by atoms with Gasteiger partial charge in [0.1, 0.15) is 5.02 Å². The first-order valence-electron chi connectivity index (χ1n) is 5.24. The number of halogens is 1. The molecule has 0 aliphatic carbocycles. The highest BCUT2D eigenvalue weighted by atomic mass is 35.5. The molecule has 0 radical (unpaired) electrons. The lowest BCUT2D eigenvalue weighted by atomic mass is 9.94. The molecule has 0 atom stereocenters. The third-order valence-corrected chi connectivity index (χ3v) is 3.08. The van der Waals surface area contributed by atoms with Crippen LogP contribution in [-0.2, 0) is 0 Å². The van der Waals surface area contributed by atoms with Crippen molar-refractivity contribution in [3.63, 3.8) is 0 Å². The van der Waals surface area contributed by atoms with Crippen molar-refractivity contribution < 1.29 is 5.11 Å². The van der Waals surface area contributed by atoms with Gasteiger partial charge in [0.2, 0.25) is 5.95 Å². The van der Waals surface area contributed by atoms with Crippen LogP contribution in [0.2, 0.25) is 5.02 Å². The highest BCUT2D eigenvalue weighted by molar-refractivity contribution is 6.32. The summed E-state index contributed by atoms with van der Waals surface area (Å²) in [6.45, 7) is 4.00. The van der Waals surface area contributed by atoms with Crippen LogP contribution < -0.4 is 11.1 Å². The van der Waals surface area contributed by atoms with E-state index < -0.39 is 5.54 Å². The van der Waals surface area contributed by atoms with E-state index in [1.165, 1.54) is 6.20 Å². The Morgan fingerprint density at radius 3 is 2.62 bits per heavy atom. The number of aliphatic hydroxyl groups is 1. The van der Waals surface area contributed by atoms with Gasteiger partial charge in [-0.2, -0.15) is 4.98 Å². The highest BCUT2D eigenvalue weighted by Gasteiger charge is 2.26. The predicted octanol–water partition coefficient (Wildman–Crippen LogP) is 1.68. The number of nitrogens with one attached hydrogen (secondary N) is 1. The minimum atomic E-state index is -0.412. The highest BCUT2D eigenvalue weighted by Crippen LogP contribution is 2.25. The van der Waals surface area contributed by atoms with Gasteiger partial charge >= 0.3 is 0 Å². The zero-order valence-corrected chi connectivity index (χ0v) is 10.3. The maximum Gasteiger partial charge on any atom is 0.222 e. The van der Waals surface area contributed by atoms with Gasteiger partial charge in [0, 0.05) is 0 Å². The van der Waals surface area contributed by atoms with Crippen LogP contribution in [0.3, 0.4) is 0 Å². The average molecular weight is 245 g/mol. The molecule has 16 heavy (non-hydrogen) atoms. The van der Waals surface area contributed by atoms with Crippen molar-refractivity contribution in [3.05, 3.63) is 11.2 Å². The summed E-state index contributed by atoms with van der Waals surface area (Å²) in [6.07, 6.45) is 2.97. The minimum absolute atomic E-state index is 0.0141. The second kappa shape index (κ2) is 5.32. The lowest BCUT2D eigenvalue weighted by Crippen LogP contribution is -2.41. The number of aliphatic hydroxyl groups excluding tert-OH is 1. The summed E-state index contributed by atoms with van der Waals surface area (Å²) in [6, 6.07) is 0. The molecule has 1 rings (SSSR count). The third kappa shape index (κ3) is 2.74. The van der Waals surface area contributed by atoms with Gasteiger partial charge < -0.3 is 16.2 Å². The largest absolute Gasteiger partial charge is 0.394 e. The van der Waals surface area contributed by atoms with Gasteiger partial charge in [-0.05, 0) is 12.8 Å². The maximum atomic E-state index is 9.42. The van der Waals surface area contributed by atoms with Crippen LogP contribution in [0.15, 0.2) is 6.20 Å². The molecule has 6 heteroatoms. The van der Waals surface area contributed by atoms with Crippen molar-refractivity contribution in [1.29, 1.82) is 0 Å². The van der Waals surface area contributed by atoms with Crippen molar-refractivity contribution in [3.8, 4) is 0 Å². The monoisotopic (exact) mass is 244 g/mol. The summed E-state index contributed by atoms with van der Waals surface area (Å²) in [5.74, 6) is 0.623. The molecule has 0 unspecified atom stereocenters. The molecule has 0 fully saturated rings. The molecule has 0 saturated heterocycles. The van der Waals surface area contributed by atoms with E-state index in [-0.39, 0.29) is 12.6 Å². The van der Waals surface area contributed by atoms with E-state index in [1.807, 2.05) is 13.8 Å². The van der Waals surface area contributed by atoms with Crippen LogP contribution >= 0.6 is 11.6 Å². The average Bonchev–Trinajstić information content (AvgIpc) is 2.31. The number of nitrogens with zero attached hydrogens (tertiary/aromatic N) is 2. The Balaban J connectivity index is 2.97. The zero-order valence-electron chi connectivity index (χ0n) is 9.50. The van der Waals surface area contributed by atoms with E-state index in [1.54, 1.807) is 0 Å². The Morgan fingerprint density at radius 2 is 2.12 bits per heavy atom. The number of nitrogens with two attached hydrogens (primary N) is 1. The molecule has 90 valence electrons. The van der Waals surface area contributed by atoms with Crippen LogP contribution in [0.1, 0.15) is 26.7 Å². The number of aromatic nitrogens is 2. The van der Waals surface area contributed by atoms with E-state index in [2.05, 4.69) is 15.3 Å². The van der Waals surface area contributed by atoms with Gasteiger partial charge in [-0.15, -0.1) is 0 Å². The maximum absolute atomic E-state index is 9.42. The smallest absolute Gasteiger partial charge is 0.222 e. The van der Waals surface area contributed by atoms with Gasteiger partial charge in [-0.1, -0.05) is 25.4 Å². The Bertz CT molecular complexity index is 346. The SMILES string of the molecule is CCC(CC)(CO)Nc1nc(N)ncc1Cl. The van der Waals surface area contributed by atoms with Crippen molar-refractivity contribution in [2.75, 3.05) is 17.7 Å². The third-order valence-electron chi connectivity index (χ3n) is 2.80. The van der Waals surface area contributed by atoms with Crippen LogP contribution in [0.25, 0.3) is 0 Å². The molecular formula is C10H17ClN4O. The second-order valence-electron chi connectivity index (χ2n) is 3.70. The van der Waals surface area contributed by atoms with Crippen LogP contribution in [0, 0.1) is 0 Å². The van der Waals surface area contributed by atoms with Crippen LogP contribution in [0.4, 0.5) is 11.8 Å². The number of anilines is 2. The Labute approximate surface area is 100 Å². The summed E-state index contributed by atoms with van der Waals surface area (Å²) >= 11 is 5.95. The molecule has 1 aromatic rings. The van der Waals surface area contributed by atoms with E-state index in [0.717, 1.165) is 12.8 Å². The fourth-order valence-electron chi connectivity index (χ4n) is 1.41. The van der Waals surface area contributed by atoms with E-state index in [0.29, 0.717) is 10.8 Å². The molecule has 1 aromatic heterocycles. The molecule has 0 spiro atoms. The van der Waals surface area contributed by atoms with Crippen molar-refractivity contribution in [2.45, 2.75) is 32.2 Å². The van der Waals surface area contributed by atoms with Crippen LogP contribution in [0.5, 0.6) is 0 Å². The summed E-state index contributed by atoms with van der Waals surface area (Å²) in [4.78, 5) is 7.79. The molecular weight excluding hydrogens is 228 g/mol. The Hall–Kier alpha value is -1.07. The van der Waals surface area contributed by atoms with Gasteiger partial charge in [-0.3, -0.25) is 0 Å². The molecule has 4 N–H and O–H groups in total. The summed E-state index contributed by atoms with van der Waals surface area (Å²) in [7, 11) is 0. The molecule has 5 nitrogen and oxygen atoms in total. The van der Waals surface area contributed by atoms with Gasteiger partial charge in [-0.25, -0.2) is 4.98 Å². The topological polar surface area (TPSA) is 84.1 Å². The van der Waals surface area contributed by atoms with Gasteiger partial charge in [0.25, 0.3) is 0 Å². The second-order valence-corrected chi connectivity index (χ2v) is 4.10. The number of hydrogen-bond donors (Lipinski definition) is 3. The summed E-state index contributed by atoms with van der Waals surface area (Å²) in [5.41, 5.74) is 5.08. The fraction of sp³-hybridized carbons (Fsp3) is 0.600. The van der Waals surface area contributed by atoms with Gasteiger partial charge in [0.05, 0.1) is 18.3 Å². The standard InChI is InChI=1S/C10H17ClN4O/c1-3-10(4-2,6-16)15-8-7(11)5-13-9(12)14-8/h5,16H,3-4,6H2,1-2H3,(H3,12,13,14,15). The van der Waals surface area contributed by atoms with E-state index >= 15 is 0 Å². The number of hydrogen-bond acceptors (Lipinski definition) is 5. The van der Waals surface area contributed by atoms with Crippen LogP contribution in [-0.4, -0.2) is 27.2 Å². The molecule has 0 aliphatic heterocycles. The summed E-state index contributed by atoms with van der Waals surface area (Å²) < 4.78 is 0. The lowest BCUT2D eigenvalue weighted by Gasteiger charge is -2.31. The van der Waals surface area contributed by atoms with Crippen molar-refractivity contribution >= 4 is 23.4 Å². The Morgan fingerprint density at radius 1 is 1.50 bits per heavy atom. The fourth-order valence-corrected chi connectivity index (χ4v) is 1.55. The first-order valence-corrected chi connectivity index (χ1v) is 5.61. The number of rotatable bonds is 5. The molecule has 0 saturated carbocycles.